The van der Waals surface area contributed by atoms with Crippen LogP contribution in [0, 0.1) is 5.82 Å². The number of carbonyl (C=O) groups excluding carboxylic acids is 1. The van der Waals surface area contributed by atoms with E-state index in [0.29, 0.717) is 5.69 Å². The molecular formula is C19H23FN2O3S. The number of hydrogen-bond donors (Lipinski definition) is 1. The van der Waals surface area contributed by atoms with Gasteiger partial charge in [0.2, 0.25) is 15.9 Å². The summed E-state index contributed by atoms with van der Waals surface area (Å²) in [6, 6.07) is 11.8. The molecule has 5 nitrogen and oxygen atoms in total. The SMILES string of the molecule is CCc1ccccc1NC(=O)[C@@H](CC)N(c1ccccc1F)S(C)(=O)=O. The molecule has 0 radical (unpaired) electrons. The van der Waals surface area contributed by atoms with Gasteiger partial charge in [-0.1, -0.05) is 44.2 Å². The molecule has 2 aromatic carbocycles. The standard InChI is InChI=1S/C19H23FN2O3S/c1-4-14-10-6-8-12-16(14)21-19(23)17(5-2)22(26(3,24)25)18-13-9-7-11-15(18)20/h6-13,17H,4-5H2,1-3H3,(H,21,23)/t17-/m1/s1. The Kier molecular flexibility index (Phi) is 6.37. The van der Waals surface area contributed by atoms with Crippen LogP contribution in [-0.2, 0) is 21.2 Å². The van der Waals surface area contributed by atoms with Crippen molar-refractivity contribution in [3.05, 3.63) is 59.9 Å². The van der Waals surface area contributed by atoms with Crippen molar-refractivity contribution in [3.63, 3.8) is 0 Å². The second kappa shape index (κ2) is 8.31. The Hall–Kier alpha value is -2.41. The molecule has 0 unspecified atom stereocenters. The summed E-state index contributed by atoms with van der Waals surface area (Å²) in [5.74, 6) is -1.19. The largest absolute Gasteiger partial charge is 0.324 e. The smallest absolute Gasteiger partial charge is 0.248 e. The molecule has 1 N–H and O–H groups in total. The van der Waals surface area contributed by atoms with E-state index in [4.69, 9.17) is 0 Å². The first kappa shape index (κ1) is 19.9. The molecule has 1 amide bonds. The Morgan fingerprint density at radius 3 is 2.31 bits per heavy atom. The summed E-state index contributed by atoms with van der Waals surface area (Å²) in [5, 5.41) is 2.79. The summed E-state index contributed by atoms with van der Waals surface area (Å²) in [6.07, 6.45) is 1.88. The molecule has 0 aliphatic carbocycles. The predicted molar refractivity (Wildman–Crippen MR) is 102 cm³/mol. The highest BCUT2D eigenvalue weighted by molar-refractivity contribution is 7.92. The van der Waals surface area contributed by atoms with E-state index in [1.807, 2.05) is 19.1 Å². The van der Waals surface area contributed by atoms with Crippen LogP contribution < -0.4 is 9.62 Å². The topological polar surface area (TPSA) is 66.5 Å². The summed E-state index contributed by atoms with van der Waals surface area (Å²) >= 11 is 0. The van der Waals surface area contributed by atoms with Crippen LogP contribution >= 0.6 is 0 Å². The van der Waals surface area contributed by atoms with Crippen molar-refractivity contribution in [2.24, 2.45) is 0 Å². The Bertz CT molecular complexity index is 884. The van der Waals surface area contributed by atoms with E-state index in [9.17, 15) is 17.6 Å². The second-order valence-corrected chi connectivity index (χ2v) is 7.79. The molecule has 0 aromatic heterocycles. The molecule has 0 spiro atoms. The van der Waals surface area contributed by atoms with Crippen LogP contribution in [0.2, 0.25) is 0 Å². The molecule has 1 atom stereocenters. The summed E-state index contributed by atoms with van der Waals surface area (Å²) < 4.78 is 39.8. The molecule has 140 valence electrons. The zero-order chi connectivity index (χ0) is 19.3. The van der Waals surface area contributed by atoms with Gasteiger partial charge in [0.05, 0.1) is 11.9 Å². The highest BCUT2D eigenvalue weighted by Crippen LogP contribution is 2.26. The number of carbonyl (C=O) groups is 1. The number of para-hydroxylation sites is 2. The number of halogens is 1. The highest BCUT2D eigenvalue weighted by atomic mass is 32.2. The third-order valence-corrected chi connectivity index (χ3v) is 5.24. The number of aryl methyl sites for hydroxylation is 1. The maximum absolute atomic E-state index is 14.2. The van der Waals surface area contributed by atoms with Crippen molar-refractivity contribution in [1.82, 2.24) is 0 Å². The second-order valence-electron chi connectivity index (χ2n) is 5.93. The molecular weight excluding hydrogens is 355 g/mol. The van der Waals surface area contributed by atoms with Gasteiger partial charge in [-0.25, -0.2) is 12.8 Å². The summed E-state index contributed by atoms with van der Waals surface area (Å²) in [4.78, 5) is 12.8. The molecule has 0 bridgehead atoms. The molecule has 0 saturated carbocycles. The molecule has 0 fully saturated rings. The molecule has 0 aliphatic rings. The van der Waals surface area contributed by atoms with Gasteiger partial charge in [0.25, 0.3) is 0 Å². The van der Waals surface area contributed by atoms with E-state index in [0.717, 1.165) is 22.5 Å². The molecule has 26 heavy (non-hydrogen) atoms. The van der Waals surface area contributed by atoms with Crippen molar-refractivity contribution in [2.45, 2.75) is 32.7 Å². The van der Waals surface area contributed by atoms with E-state index in [-0.39, 0.29) is 12.1 Å². The minimum atomic E-state index is -3.87. The fourth-order valence-corrected chi connectivity index (χ4v) is 4.04. The zero-order valence-electron chi connectivity index (χ0n) is 15.1. The molecule has 0 heterocycles. The Balaban J connectivity index is 2.42. The predicted octanol–water partition coefficient (Wildman–Crippen LogP) is 3.57. The highest BCUT2D eigenvalue weighted by Gasteiger charge is 2.33. The van der Waals surface area contributed by atoms with Crippen molar-refractivity contribution in [1.29, 1.82) is 0 Å². The van der Waals surface area contributed by atoms with E-state index in [1.165, 1.54) is 24.3 Å². The van der Waals surface area contributed by atoms with E-state index >= 15 is 0 Å². The Morgan fingerprint density at radius 1 is 1.12 bits per heavy atom. The monoisotopic (exact) mass is 378 g/mol. The first-order chi connectivity index (χ1) is 12.3. The number of rotatable bonds is 7. The Labute approximate surface area is 153 Å². The van der Waals surface area contributed by atoms with Crippen LogP contribution in [0.1, 0.15) is 25.8 Å². The first-order valence-electron chi connectivity index (χ1n) is 8.42. The van der Waals surface area contributed by atoms with Gasteiger partial charge in [0.1, 0.15) is 11.9 Å². The van der Waals surface area contributed by atoms with Crippen LogP contribution in [0.25, 0.3) is 0 Å². The number of anilines is 2. The number of sulfonamides is 1. The maximum atomic E-state index is 14.2. The number of benzene rings is 2. The van der Waals surface area contributed by atoms with Gasteiger partial charge in [0, 0.05) is 5.69 Å². The summed E-state index contributed by atoms with van der Waals surface area (Å²) in [7, 11) is -3.87. The third kappa shape index (κ3) is 4.40. The number of amides is 1. The zero-order valence-corrected chi connectivity index (χ0v) is 15.9. The minimum absolute atomic E-state index is 0.138. The Morgan fingerprint density at radius 2 is 1.73 bits per heavy atom. The summed E-state index contributed by atoms with van der Waals surface area (Å²) in [5.41, 5.74) is 1.42. The van der Waals surface area contributed by atoms with Gasteiger partial charge in [-0.15, -0.1) is 0 Å². The quantitative estimate of drug-likeness (QED) is 0.801. The number of nitrogens with one attached hydrogen (secondary N) is 1. The van der Waals surface area contributed by atoms with Gasteiger partial charge in [0.15, 0.2) is 0 Å². The fraction of sp³-hybridized carbons (Fsp3) is 0.316. The molecule has 7 heteroatoms. The van der Waals surface area contributed by atoms with Gasteiger partial charge in [-0.3, -0.25) is 9.10 Å². The van der Waals surface area contributed by atoms with Gasteiger partial charge < -0.3 is 5.32 Å². The maximum Gasteiger partial charge on any atom is 0.248 e. The van der Waals surface area contributed by atoms with Crippen LogP contribution in [-0.4, -0.2) is 26.6 Å². The molecule has 0 saturated heterocycles. The van der Waals surface area contributed by atoms with Crippen LogP contribution in [0.4, 0.5) is 15.8 Å². The lowest BCUT2D eigenvalue weighted by atomic mass is 10.1. The lowest BCUT2D eigenvalue weighted by Crippen LogP contribution is -2.47. The average molecular weight is 378 g/mol. The van der Waals surface area contributed by atoms with Crippen molar-refractivity contribution in [2.75, 3.05) is 15.9 Å². The normalized spacial score (nSPS) is 12.5. The lowest BCUT2D eigenvalue weighted by Gasteiger charge is -2.30. The van der Waals surface area contributed by atoms with Crippen molar-refractivity contribution in [3.8, 4) is 0 Å². The number of nitrogens with zero attached hydrogens (tertiary/aromatic N) is 1. The average Bonchev–Trinajstić information content (AvgIpc) is 2.59. The minimum Gasteiger partial charge on any atom is -0.324 e. The van der Waals surface area contributed by atoms with E-state index in [2.05, 4.69) is 5.32 Å². The van der Waals surface area contributed by atoms with Crippen LogP contribution in [0.5, 0.6) is 0 Å². The first-order valence-corrected chi connectivity index (χ1v) is 10.3. The van der Waals surface area contributed by atoms with Gasteiger partial charge in [-0.2, -0.15) is 0 Å². The van der Waals surface area contributed by atoms with Gasteiger partial charge >= 0.3 is 0 Å². The van der Waals surface area contributed by atoms with E-state index in [1.54, 1.807) is 19.1 Å². The number of hydrogen-bond acceptors (Lipinski definition) is 3. The van der Waals surface area contributed by atoms with Crippen molar-refractivity contribution < 1.29 is 17.6 Å². The van der Waals surface area contributed by atoms with Crippen LogP contribution in [0.3, 0.4) is 0 Å². The van der Waals surface area contributed by atoms with Crippen LogP contribution in [0.15, 0.2) is 48.5 Å². The fourth-order valence-electron chi connectivity index (χ4n) is 2.83. The third-order valence-electron chi connectivity index (χ3n) is 4.08. The van der Waals surface area contributed by atoms with Gasteiger partial charge in [-0.05, 0) is 36.6 Å². The van der Waals surface area contributed by atoms with E-state index < -0.39 is 27.8 Å². The molecule has 0 aliphatic heterocycles. The lowest BCUT2D eigenvalue weighted by molar-refractivity contribution is -0.117. The summed E-state index contributed by atoms with van der Waals surface area (Å²) in [6.45, 7) is 3.65. The molecule has 2 rings (SSSR count). The molecule has 2 aromatic rings. The van der Waals surface area contributed by atoms with Crippen molar-refractivity contribution >= 4 is 27.3 Å².